The smallest absolute Gasteiger partial charge is 0.134 e. The quantitative estimate of drug-likeness (QED) is 0.628. The lowest BCUT2D eigenvalue weighted by atomic mass is 10.0. The predicted molar refractivity (Wildman–Crippen MR) is 72.9 cm³/mol. The summed E-state index contributed by atoms with van der Waals surface area (Å²) in [5, 5.41) is -1.01. The Morgan fingerprint density at radius 1 is 1.05 bits per heavy atom. The molecular weight excluding hydrogens is 341 g/mol. The van der Waals surface area contributed by atoms with Crippen molar-refractivity contribution in [1.29, 1.82) is 0 Å². The molecule has 0 radical (unpaired) electrons. The lowest BCUT2D eigenvalue weighted by molar-refractivity contribution is 0.526. The molecule has 0 aliphatic heterocycles. The van der Waals surface area contributed by atoms with Gasteiger partial charge in [-0.25, -0.2) is 13.2 Å². The molecule has 0 bridgehead atoms. The van der Waals surface area contributed by atoms with Crippen molar-refractivity contribution in [3.05, 3.63) is 68.9 Å². The first-order valence-electron chi connectivity index (χ1n) is 5.44. The van der Waals surface area contributed by atoms with E-state index in [4.69, 9.17) is 11.6 Å². The van der Waals surface area contributed by atoms with E-state index in [-0.39, 0.29) is 5.56 Å². The molecule has 0 fully saturated rings. The number of hydrogen-bond donors (Lipinski definition) is 0. The number of rotatable bonds is 2. The first-order chi connectivity index (χ1) is 8.90. The van der Waals surface area contributed by atoms with Gasteiger partial charge in [0.2, 0.25) is 0 Å². The van der Waals surface area contributed by atoms with E-state index in [1.165, 1.54) is 0 Å². The van der Waals surface area contributed by atoms with E-state index in [0.29, 0.717) is 17.7 Å². The average molecular weight is 350 g/mol. The molecule has 0 heterocycles. The van der Waals surface area contributed by atoms with Crippen LogP contribution in [0.25, 0.3) is 0 Å². The van der Waals surface area contributed by atoms with Crippen molar-refractivity contribution < 1.29 is 13.2 Å². The largest absolute Gasteiger partial charge is 0.207 e. The molecule has 0 aliphatic carbocycles. The number of hydrogen-bond acceptors (Lipinski definition) is 0. The van der Waals surface area contributed by atoms with Gasteiger partial charge in [-0.15, -0.1) is 11.6 Å². The highest BCUT2D eigenvalue weighted by Crippen LogP contribution is 2.34. The van der Waals surface area contributed by atoms with Crippen LogP contribution in [-0.4, -0.2) is 0 Å². The molecular formula is C14H9BrClF3. The summed E-state index contributed by atoms with van der Waals surface area (Å²) in [6.07, 6.45) is 0. The van der Waals surface area contributed by atoms with Crippen LogP contribution in [0, 0.1) is 24.4 Å². The third-order valence-electron chi connectivity index (χ3n) is 2.77. The minimum Gasteiger partial charge on any atom is -0.207 e. The maximum atomic E-state index is 13.7. The highest BCUT2D eigenvalue weighted by molar-refractivity contribution is 9.10. The Labute approximate surface area is 122 Å². The molecule has 0 aromatic heterocycles. The molecule has 0 N–H and O–H groups in total. The van der Waals surface area contributed by atoms with E-state index in [2.05, 4.69) is 15.9 Å². The molecule has 100 valence electrons. The Hall–Kier alpha value is -1.00. The van der Waals surface area contributed by atoms with E-state index in [1.54, 1.807) is 18.2 Å². The van der Waals surface area contributed by atoms with Crippen molar-refractivity contribution in [3.8, 4) is 0 Å². The molecule has 2 aromatic rings. The molecule has 0 saturated heterocycles. The van der Waals surface area contributed by atoms with Crippen LogP contribution in [0.3, 0.4) is 0 Å². The molecule has 0 nitrogen and oxygen atoms in total. The second kappa shape index (κ2) is 5.55. The minimum absolute atomic E-state index is 0.343. The Morgan fingerprint density at radius 2 is 1.63 bits per heavy atom. The number of halogens is 5. The zero-order valence-corrected chi connectivity index (χ0v) is 12.2. The fourth-order valence-corrected chi connectivity index (χ4v) is 2.38. The van der Waals surface area contributed by atoms with Crippen LogP contribution in [0.4, 0.5) is 13.2 Å². The summed E-state index contributed by atoms with van der Waals surface area (Å²) in [6.45, 7) is 1.84. The summed E-state index contributed by atoms with van der Waals surface area (Å²) >= 11 is 9.43. The lowest BCUT2D eigenvalue weighted by Gasteiger charge is -2.13. The summed E-state index contributed by atoms with van der Waals surface area (Å²) < 4.78 is 41.0. The molecule has 0 amide bonds. The summed E-state index contributed by atoms with van der Waals surface area (Å²) in [4.78, 5) is 0. The molecule has 19 heavy (non-hydrogen) atoms. The van der Waals surface area contributed by atoms with Crippen molar-refractivity contribution >= 4 is 27.5 Å². The molecule has 2 aromatic carbocycles. The lowest BCUT2D eigenvalue weighted by Crippen LogP contribution is -2.02. The molecule has 0 spiro atoms. The molecule has 2 rings (SSSR count). The van der Waals surface area contributed by atoms with Gasteiger partial charge in [-0.3, -0.25) is 0 Å². The number of benzene rings is 2. The predicted octanol–water partition coefficient (Wildman–Crippen LogP) is 5.50. The van der Waals surface area contributed by atoms with Crippen molar-refractivity contribution in [3.63, 3.8) is 0 Å². The van der Waals surface area contributed by atoms with Gasteiger partial charge < -0.3 is 0 Å². The van der Waals surface area contributed by atoms with Gasteiger partial charge in [0.15, 0.2) is 0 Å². The van der Waals surface area contributed by atoms with Crippen LogP contribution in [0.5, 0.6) is 0 Å². The van der Waals surface area contributed by atoms with Crippen LogP contribution < -0.4 is 0 Å². The Morgan fingerprint density at radius 3 is 2.16 bits per heavy atom. The zero-order chi connectivity index (χ0) is 14.2. The Kier molecular flexibility index (Phi) is 4.21. The maximum absolute atomic E-state index is 13.7. The average Bonchev–Trinajstić information content (AvgIpc) is 2.31. The van der Waals surface area contributed by atoms with E-state index >= 15 is 0 Å². The van der Waals surface area contributed by atoms with Crippen molar-refractivity contribution in [2.24, 2.45) is 0 Å². The van der Waals surface area contributed by atoms with Gasteiger partial charge in [0.1, 0.15) is 17.5 Å². The Bertz CT molecular complexity index is 605. The third-order valence-corrected chi connectivity index (χ3v) is 4.13. The SMILES string of the molecule is Cc1cc(C(Cl)c2c(F)cc(F)cc2F)ccc1Br. The van der Waals surface area contributed by atoms with Crippen molar-refractivity contribution in [2.75, 3.05) is 0 Å². The van der Waals surface area contributed by atoms with E-state index in [1.807, 2.05) is 6.92 Å². The molecule has 1 unspecified atom stereocenters. The topological polar surface area (TPSA) is 0 Å². The van der Waals surface area contributed by atoms with Gasteiger partial charge in [0, 0.05) is 22.2 Å². The van der Waals surface area contributed by atoms with Gasteiger partial charge in [-0.1, -0.05) is 28.1 Å². The first-order valence-corrected chi connectivity index (χ1v) is 6.67. The second-order valence-corrected chi connectivity index (χ2v) is 5.45. The van der Waals surface area contributed by atoms with Gasteiger partial charge in [-0.05, 0) is 24.1 Å². The van der Waals surface area contributed by atoms with Crippen LogP contribution in [0.15, 0.2) is 34.8 Å². The van der Waals surface area contributed by atoms with E-state index < -0.39 is 22.8 Å². The fraction of sp³-hybridized carbons (Fsp3) is 0.143. The molecule has 0 aliphatic rings. The van der Waals surface area contributed by atoms with E-state index in [9.17, 15) is 13.2 Å². The van der Waals surface area contributed by atoms with Crippen LogP contribution >= 0.6 is 27.5 Å². The van der Waals surface area contributed by atoms with Gasteiger partial charge in [0.05, 0.1) is 5.38 Å². The standard InChI is InChI=1S/C14H9BrClF3/c1-7-4-8(2-3-10(7)15)14(16)13-11(18)5-9(17)6-12(13)19/h2-6,14H,1H3. The van der Waals surface area contributed by atoms with Crippen molar-refractivity contribution in [1.82, 2.24) is 0 Å². The fourth-order valence-electron chi connectivity index (χ4n) is 1.79. The molecule has 0 saturated carbocycles. The monoisotopic (exact) mass is 348 g/mol. The second-order valence-electron chi connectivity index (χ2n) is 4.15. The van der Waals surface area contributed by atoms with Crippen LogP contribution in [-0.2, 0) is 0 Å². The third kappa shape index (κ3) is 2.95. The summed E-state index contributed by atoms with van der Waals surface area (Å²) in [5.41, 5.74) is 1.10. The summed E-state index contributed by atoms with van der Waals surface area (Å²) in [6, 6.07) is 6.39. The highest BCUT2D eigenvalue weighted by atomic mass is 79.9. The maximum Gasteiger partial charge on any atom is 0.134 e. The van der Waals surface area contributed by atoms with Crippen LogP contribution in [0.1, 0.15) is 22.1 Å². The van der Waals surface area contributed by atoms with Gasteiger partial charge in [0.25, 0.3) is 0 Å². The van der Waals surface area contributed by atoms with E-state index in [0.717, 1.165) is 10.0 Å². The first kappa shape index (κ1) is 14.4. The van der Waals surface area contributed by atoms with Crippen molar-refractivity contribution in [2.45, 2.75) is 12.3 Å². The molecule has 1 atom stereocenters. The normalized spacial score (nSPS) is 12.5. The summed E-state index contributed by atoms with van der Waals surface area (Å²) in [5.74, 6) is -2.94. The van der Waals surface area contributed by atoms with Crippen LogP contribution in [0.2, 0.25) is 0 Å². The molecule has 5 heteroatoms. The van der Waals surface area contributed by atoms with Gasteiger partial charge in [-0.2, -0.15) is 0 Å². The minimum atomic E-state index is -1.01. The van der Waals surface area contributed by atoms with Gasteiger partial charge >= 0.3 is 0 Å². The number of aryl methyl sites for hydroxylation is 1. The Balaban J connectivity index is 2.49. The summed E-state index contributed by atoms with van der Waals surface area (Å²) in [7, 11) is 0. The zero-order valence-electron chi connectivity index (χ0n) is 9.85. The number of alkyl halides is 1. The highest BCUT2D eigenvalue weighted by Gasteiger charge is 2.21.